The highest BCUT2D eigenvalue weighted by atomic mass is 32.2. The summed E-state index contributed by atoms with van der Waals surface area (Å²) in [5.41, 5.74) is 0.835. The number of fused-ring (bicyclic) bond motifs is 1. The maximum atomic E-state index is 13.0. The molecule has 1 amide bonds. The number of nitrogens with zero attached hydrogens (tertiary/aromatic N) is 5. The highest BCUT2D eigenvalue weighted by Gasteiger charge is 2.31. The molecule has 2 fully saturated rings. The number of carbonyl (C=O) groups is 1. The SMILES string of the molecule is CC1CN(C(=O)C2CCC(Nc3nccc(-n4ncc5c(OCCCS(C)(=O)=O)cccc54)n3)CC2)CCN1. The molecule has 1 saturated carbocycles. The first-order valence-electron chi connectivity index (χ1n) is 13.7. The molecule has 1 aliphatic heterocycles. The van der Waals surface area contributed by atoms with Crippen LogP contribution in [0, 0.1) is 5.92 Å². The van der Waals surface area contributed by atoms with Crippen molar-refractivity contribution in [2.45, 2.75) is 51.1 Å². The zero-order valence-corrected chi connectivity index (χ0v) is 23.4. The van der Waals surface area contributed by atoms with Gasteiger partial charge in [0.15, 0.2) is 5.82 Å². The summed E-state index contributed by atoms with van der Waals surface area (Å²) in [4.78, 5) is 24.2. The molecule has 2 N–H and O–H groups in total. The number of amides is 1. The van der Waals surface area contributed by atoms with Crippen molar-refractivity contribution in [1.29, 1.82) is 0 Å². The normalized spacial score (nSPS) is 22.1. The van der Waals surface area contributed by atoms with E-state index in [1.165, 1.54) is 6.26 Å². The minimum absolute atomic E-state index is 0.0896. The summed E-state index contributed by atoms with van der Waals surface area (Å²) in [6.07, 6.45) is 8.63. The molecule has 3 heterocycles. The number of rotatable bonds is 9. The number of anilines is 1. The van der Waals surface area contributed by atoms with Crippen LogP contribution >= 0.6 is 0 Å². The van der Waals surface area contributed by atoms with Crippen LogP contribution in [0.4, 0.5) is 5.95 Å². The summed E-state index contributed by atoms with van der Waals surface area (Å²) in [5, 5.41) is 12.2. The average molecular weight is 556 g/mol. The maximum absolute atomic E-state index is 13.0. The number of sulfone groups is 1. The van der Waals surface area contributed by atoms with Crippen LogP contribution in [0.2, 0.25) is 0 Å². The van der Waals surface area contributed by atoms with Crippen molar-refractivity contribution in [2.75, 3.05) is 43.6 Å². The number of nitrogens with one attached hydrogen (secondary N) is 2. The lowest BCUT2D eigenvalue weighted by atomic mass is 9.85. The van der Waals surface area contributed by atoms with Crippen LogP contribution in [0.5, 0.6) is 5.75 Å². The Morgan fingerprint density at radius 3 is 2.79 bits per heavy atom. The van der Waals surface area contributed by atoms with Gasteiger partial charge >= 0.3 is 0 Å². The fourth-order valence-corrected chi connectivity index (χ4v) is 6.07. The molecule has 0 spiro atoms. The van der Waals surface area contributed by atoms with Crippen LogP contribution < -0.4 is 15.4 Å². The Balaban J connectivity index is 1.20. The van der Waals surface area contributed by atoms with E-state index < -0.39 is 9.84 Å². The average Bonchev–Trinajstić information content (AvgIpc) is 3.36. The molecule has 1 aromatic carbocycles. The molecule has 1 atom stereocenters. The molecule has 3 aromatic rings. The largest absolute Gasteiger partial charge is 0.493 e. The Morgan fingerprint density at radius 1 is 1.21 bits per heavy atom. The van der Waals surface area contributed by atoms with E-state index in [-0.39, 0.29) is 17.7 Å². The van der Waals surface area contributed by atoms with Gasteiger partial charge in [0, 0.05) is 56.2 Å². The highest BCUT2D eigenvalue weighted by Crippen LogP contribution is 2.29. The van der Waals surface area contributed by atoms with E-state index >= 15 is 0 Å². The number of hydrogen-bond donors (Lipinski definition) is 2. The summed E-state index contributed by atoms with van der Waals surface area (Å²) < 4.78 is 30.4. The summed E-state index contributed by atoms with van der Waals surface area (Å²) in [6, 6.07) is 8.05. The van der Waals surface area contributed by atoms with Gasteiger partial charge in [-0.05, 0) is 51.2 Å². The molecule has 0 radical (unpaired) electrons. The minimum Gasteiger partial charge on any atom is -0.493 e. The first kappa shape index (κ1) is 27.3. The maximum Gasteiger partial charge on any atom is 0.225 e. The van der Waals surface area contributed by atoms with E-state index in [4.69, 9.17) is 9.72 Å². The lowest BCUT2D eigenvalue weighted by Gasteiger charge is -2.36. The van der Waals surface area contributed by atoms with Gasteiger partial charge < -0.3 is 20.3 Å². The first-order valence-corrected chi connectivity index (χ1v) is 15.7. The van der Waals surface area contributed by atoms with Crippen molar-refractivity contribution in [3.05, 3.63) is 36.7 Å². The molecule has 1 unspecified atom stereocenters. The number of hydrogen-bond acceptors (Lipinski definition) is 9. The van der Waals surface area contributed by atoms with E-state index in [1.54, 1.807) is 23.1 Å². The Hall–Kier alpha value is -3.25. The lowest BCUT2D eigenvalue weighted by Crippen LogP contribution is -2.53. The van der Waals surface area contributed by atoms with Crippen molar-refractivity contribution in [2.24, 2.45) is 5.92 Å². The molecule has 2 aliphatic rings. The zero-order valence-electron chi connectivity index (χ0n) is 22.5. The second kappa shape index (κ2) is 11.9. The fourth-order valence-electron chi connectivity index (χ4n) is 5.43. The zero-order chi connectivity index (χ0) is 27.4. The van der Waals surface area contributed by atoms with Crippen LogP contribution in [0.3, 0.4) is 0 Å². The Morgan fingerprint density at radius 2 is 2.03 bits per heavy atom. The van der Waals surface area contributed by atoms with E-state index in [2.05, 4.69) is 27.6 Å². The van der Waals surface area contributed by atoms with Gasteiger partial charge in [-0.3, -0.25) is 4.79 Å². The third-order valence-corrected chi connectivity index (χ3v) is 8.47. The number of ether oxygens (including phenoxy) is 1. The van der Waals surface area contributed by atoms with Crippen molar-refractivity contribution in [3.63, 3.8) is 0 Å². The predicted octanol–water partition coefficient (Wildman–Crippen LogP) is 2.42. The molecule has 0 bridgehead atoms. The van der Waals surface area contributed by atoms with Gasteiger partial charge in [0.2, 0.25) is 11.9 Å². The van der Waals surface area contributed by atoms with Crippen molar-refractivity contribution >= 4 is 32.6 Å². The fraction of sp³-hybridized carbons (Fsp3) is 0.556. The van der Waals surface area contributed by atoms with Crippen LogP contribution in [0.15, 0.2) is 36.7 Å². The van der Waals surface area contributed by atoms with Gasteiger partial charge in [-0.1, -0.05) is 6.07 Å². The smallest absolute Gasteiger partial charge is 0.225 e. The van der Waals surface area contributed by atoms with E-state index in [9.17, 15) is 13.2 Å². The number of aromatic nitrogens is 4. The molecule has 5 rings (SSSR count). The van der Waals surface area contributed by atoms with Crippen LogP contribution in [0.25, 0.3) is 16.7 Å². The van der Waals surface area contributed by atoms with Gasteiger partial charge in [0.25, 0.3) is 0 Å². The second-order valence-electron chi connectivity index (χ2n) is 10.6. The predicted molar refractivity (Wildman–Crippen MR) is 150 cm³/mol. The number of benzene rings is 1. The Bertz CT molecular complexity index is 1400. The molecular weight excluding hydrogens is 518 g/mol. The lowest BCUT2D eigenvalue weighted by molar-refractivity contribution is -0.137. The van der Waals surface area contributed by atoms with Gasteiger partial charge in [0.05, 0.1) is 29.5 Å². The quantitative estimate of drug-likeness (QED) is 0.382. The van der Waals surface area contributed by atoms with Crippen molar-refractivity contribution in [3.8, 4) is 11.6 Å². The molecule has 11 nitrogen and oxygen atoms in total. The third-order valence-electron chi connectivity index (χ3n) is 7.44. The third kappa shape index (κ3) is 6.85. The summed E-state index contributed by atoms with van der Waals surface area (Å²) in [5.74, 6) is 2.31. The van der Waals surface area contributed by atoms with E-state index in [0.29, 0.717) is 42.5 Å². The van der Waals surface area contributed by atoms with Crippen molar-refractivity contribution in [1.82, 2.24) is 30.0 Å². The van der Waals surface area contributed by atoms with Crippen LogP contribution in [0.1, 0.15) is 39.0 Å². The van der Waals surface area contributed by atoms with Gasteiger partial charge in [0.1, 0.15) is 15.6 Å². The van der Waals surface area contributed by atoms with E-state index in [1.807, 2.05) is 23.1 Å². The van der Waals surface area contributed by atoms with Crippen molar-refractivity contribution < 1.29 is 17.9 Å². The van der Waals surface area contributed by atoms with Crippen LogP contribution in [-0.2, 0) is 14.6 Å². The molecule has 2 aromatic heterocycles. The topological polar surface area (TPSA) is 131 Å². The molecule has 210 valence electrons. The number of carbonyl (C=O) groups excluding carboxylic acids is 1. The summed E-state index contributed by atoms with van der Waals surface area (Å²) in [6.45, 7) is 4.87. The summed E-state index contributed by atoms with van der Waals surface area (Å²) in [7, 11) is -3.02. The van der Waals surface area contributed by atoms with Crippen LogP contribution in [-0.4, -0.2) is 89.3 Å². The first-order chi connectivity index (χ1) is 18.8. The molecule has 1 aliphatic carbocycles. The number of piperazine rings is 1. The van der Waals surface area contributed by atoms with E-state index in [0.717, 1.165) is 56.2 Å². The van der Waals surface area contributed by atoms with Gasteiger partial charge in [-0.15, -0.1) is 0 Å². The Kier molecular flexibility index (Phi) is 8.31. The van der Waals surface area contributed by atoms with Gasteiger partial charge in [-0.2, -0.15) is 10.1 Å². The second-order valence-corrected chi connectivity index (χ2v) is 12.9. The molecule has 1 saturated heterocycles. The molecule has 39 heavy (non-hydrogen) atoms. The highest BCUT2D eigenvalue weighted by molar-refractivity contribution is 7.90. The Labute approximate surface area is 229 Å². The monoisotopic (exact) mass is 555 g/mol. The summed E-state index contributed by atoms with van der Waals surface area (Å²) >= 11 is 0. The standard InChI is InChI=1S/C27H37N7O4S/c1-19-18-33(14-13-28-19)26(35)20-7-9-21(10-8-20)31-27-29-12-11-25(32-27)34-23-5-3-6-24(22(23)17-30-34)38-15-4-16-39(2,36)37/h3,5-6,11-12,17,19-21,28H,4,7-10,13-16,18H2,1-2H3,(H,29,31,32). The molecular formula is C27H37N7O4S. The van der Waals surface area contributed by atoms with Gasteiger partial charge in [-0.25, -0.2) is 18.1 Å². The minimum atomic E-state index is -3.02. The molecule has 12 heteroatoms.